The average Bonchev–Trinajstić information content (AvgIpc) is 3.43. The fourth-order valence-electron chi connectivity index (χ4n) is 5.19. The third-order valence-electron chi connectivity index (χ3n) is 7.20. The van der Waals surface area contributed by atoms with Crippen LogP contribution in [0.5, 0.6) is 0 Å². The molecule has 0 spiro atoms. The van der Waals surface area contributed by atoms with E-state index < -0.39 is 6.04 Å². The van der Waals surface area contributed by atoms with Gasteiger partial charge in [-0.25, -0.2) is 9.07 Å². The quantitative estimate of drug-likeness (QED) is 0.249. The maximum atomic E-state index is 13.8. The lowest BCUT2D eigenvalue weighted by molar-refractivity contribution is 0.194. The highest BCUT2D eigenvalue weighted by molar-refractivity contribution is 5.79. The van der Waals surface area contributed by atoms with Crippen molar-refractivity contribution in [1.82, 2.24) is 30.1 Å². The predicted octanol–water partition coefficient (Wildman–Crippen LogP) is 5.80. The van der Waals surface area contributed by atoms with Crippen LogP contribution in [0.15, 0.2) is 114 Å². The number of halogens is 1. The summed E-state index contributed by atoms with van der Waals surface area (Å²) in [7, 11) is 0. The summed E-state index contributed by atoms with van der Waals surface area (Å²) in [5.41, 5.74) is 5.16. The Morgan fingerprint density at radius 1 is 0.829 bits per heavy atom. The zero-order valence-corrected chi connectivity index (χ0v) is 22.6. The topological polar surface area (TPSA) is 79.7 Å². The number of pyridine rings is 1. The van der Waals surface area contributed by atoms with Crippen LogP contribution in [0.3, 0.4) is 0 Å². The molecule has 1 atom stereocenters. The van der Waals surface area contributed by atoms with Crippen molar-refractivity contribution >= 4 is 10.9 Å². The first-order chi connectivity index (χ1) is 20.0. The number of rotatable bonds is 9. The summed E-state index contributed by atoms with van der Waals surface area (Å²) in [6.07, 6.45) is 0. The number of aromatic nitrogens is 5. The molecule has 41 heavy (non-hydrogen) atoms. The zero-order chi connectivity index (χ0) is 28.2. The van der Waals surface area contributed by atoms with Crippen molar-refractivity contribution < 1.29 is 4.39 Å². The molecule has 4 aromatic carbocycles. The number of benzene rings is 4. The van der Waals surface area contributed by atoms with Crippen LogP contribution < -0.4 is 5.56 Å². The van der Waals surface area contributed by atoms with E-state index in [1.807, 2.05) is 79.7 Å². The Kier molecular flexibility index (Phi) is 7.47. The molecular weight excluding hydrogens is 515 g/mol. The van der Waals surface area contributed by atoms with Gasteiger partial charge in [0.25, 0.3) is 5.56 Å². The molecule has 8 heteroatoms. The van der Waals surface area contributed by atoms with Crippen molar-refractivity contribution in [3.63, 3.8) is 0 Å². The molecule has 0 aliphatic rings. The van der Waals surface area contributed by atoms with Crippen LogP contribution in [0.1, 0.15) is 39.7 Å². The van der Waals surface area contributed by atoms with Crippen molar-refractivity contribution in [3.8, 4) is 0 Å². The molecule has 0 aliphatic carbocycles. The standard InChI is InChI=1S/C33H29FN6O/c1-23-12-15-27-19-29(33(41)35-30(27)18-23)31(32-36-37-38-40(32)22-25-10-6-3-7-11-25)39(20-24-8-4-2-5-9-24)21-26-13-16-28(34)17-14-26/h2-19,31H,20-22H2,1H3,(H,35,41)/t31-/m0/s1. The van der Waals surface area contributed by atoms with E-state index in [4.69, 9.17) is 0 Å². The highest BCUT2D eigenvalue weighted by Gasteiger charge is 2.31. The number of hydrogen-bond donors (Lipinski definition) is 1. The van der Waals surface area contributed by atoms with Crippen molar-refractivity contribution in [2.24, 2.45) is 0 Å². The normalized spacial score (nSPS) is 12.2. The maximum absolute atomic E-state index is 13.8. The van der Waals surface area contributed by atoms with Crippen LogP contribution in [-0.4, -0.2) is 30.1 Å². The number of aromatic amines is 1. The van der Waals surface area contributed by atoms with Gasteiger partial charge in [0.1, 0.15) is 11.9 Å². The molecule has 6 rings (SSSR count). The molecule has 0 fully saturated rings. The van der Waals surface area contributed by atoms with Gasteiger partial charge in [0.05, 0.1) is 6.54 Å². The van der Waals surface area contributed by atoms with Gasteiger partial charge in [-0.15, -0.1) is 5.10 Å². The minimum Gasteiger partial charge on any atom is -0.322 e. The predicted molar refractivity (Wildman–Crippen MR) is 157 cm³/mol. The molecule has 6 aromatic rings. The fourth-order valence-corrected chi connectivity index (χ4v) is 5.19. The lowest BCUT2D eigenvalue weighted by Gasteiger charge is -2.31. The van der Waals surface area contributed by atoms with Gasteiger partial charge < -0.3 is 4.98 Å². The molecule has 0 bridgehead atoms. The van der Waals surface area contributed by atoms with Gasteiger partial charge in [0, 0.05) is 24.2 Å². The Bertz CT molecular complexity index is 1820. The van der Waals surface area contributed by atoms with Crippen LogP contribution in [0.4, 0.5) is 4.39 Å². The molecule has 0 unspecified atom stereocenters. The van der Waals surface area contributed by atoms with Crippen molar-refractivity contribution in [2.75, 3.05) is 0 Å². The molecule has 0 aliphatic heterocycles. The molecule has 7 nitrogen and oxygen atoms in total. The molecular formula is C33H29FN6O. The number of nitrogens with zero attached hydrogens (tertiary/aromatic N) is 5. The van der Waals surface area contributed by atoms with Gasteiger partial charge in [-0.3, -0.25) is 9.69 Å². The number of aryl methyl sites for hydroxylation is 1. The Hall–Kier alpha value is -4.95. The average molecular weight is 545 g/mol. The molecule has 0 saturated heterocycles. The molecule has 0 radical (unpaired) electrons. The summed E-state index contributed by atoms with van der Waals surface area (Å²) in [6, 6.07) is 33.8. The van der Waals surface area contributed by atoms with Crippen LogP contribution in [0.25, 0.3) is 10.9 Å². The van der Waals surface area contributed by atoms with E-state index in [1.165, 1.54) is 12.1 Å². The number of fused-ring (bicyclic) bond motifs is 1. The van der Waals surface area contributed by atoms with E-state index >= 15 is 0 Å². The van der Waals surface area contributed by atoms with Crippen LogP contribution >= 0.6 is 0 Å². The van der Waals surface area contributed by atoms with Gasteiger partial charge in [0.2, 0.25) is 0 Å². The van der Waals surface area contributed by atoms with E-state index in [0.717, 1.165) is 33.2 Å². The van der Waals surface area contributed by atoms with Gasteiger partial charge in [0.15, 0.2) is 5.82 Å². The second-order valence-electron chi connectivity index (χ2n) is 10.2. The number of hydrogen-bond acceptors (Lipinski definition) is 5. The van der Waals surface area contributed by atoms with Crippen LogP contribution in [0, 0.1) is 12.7 Å². The Balaban J connectivity index is 1.52. The number of tetrazole rings is 1. The van der Waals surface area contributed by atoms with E-state index in [2.05, 4.69) is 37.5 Å². The molecule has 0 saturated carbocycles. The number of H-pyrrole nitrogens is 1. The zero-order valence-electron chi connectivity index (χ0n) is 22.6. The Morgan fingerprint density at radius 3 is 2.20 bits per heavy atom. The Morgan fingerprint density at radius 2 is 1.49 bits per heavy atom. The van der Waals surface area contributed by atoms with Gasteiger partial charge in [-0.05, 0) is 69.3 Å². The highest BCUT2D eigenvalue weighted by Crippen LogP contribution is 2.30. The van der Waals surface area contributed by atoms with Crippen molar-refractivity contribution in [3.05, 3.63) is 159 Å². The Labute approximate surface area is 236 Å². The monoisotopic (exact) mass is 544 g/mol. The third kappa shape index (κ3) is 5.97. The van der Waals surface area contributed by atoms with E-state index in [-0.39, 0.29) is 11.4 Å². The fraction of sp³-hybridized carbons (Fsp3) is 0.152. The molecule has 1 N–H and O–H groups in total. The first-order valence-electron chi connectivity index (χ1n) is 13.5. The highest BCUT2D eigenvalue weighted by atomic mass is 19.1. The smallest absolute Gasteiger partial charge is 0.253 e. The van der Waals surface area contributed by atoms with Gasteiger partial charge >= 0.3 is 0 Å². The summed E-state index contributed by atoms with van der Waals surface area (Å²) in [5.74, 6) is 0.247. The summed E-state index contributed by atoms with van der Waals surface area (Å²) in [4.78, 5) is 19.1. The second-order valence-corrected chi connectivity index (χ2v) is 10.2. The first kappa shape index (κ1) is 26.3. The molecule has 2 heterocycles. The number of nitrogens with one attached hydrogen (secondary N) is 1. The lowest BCUT2D eigenvalue weighted by Crippen LogP contribution is -2.35. The minimum atomic E-state index is -0.603. The van der Waals surface area contributed by atoms with Crippen LogP contribution in [0.2, 0.25) is 0 Å². The minimum absolute atomic E-state index is 0.209. The van der Waals surface area contributed by atoms with Crippen molar-refractivity contribution in [1.29, 1.82) is 0 Å². The van der Waals surface area contributed by atoms with E-state index in [0.29, 0.717) is 31.0 Å². The molecule has 0 amide bonds. The molecule has 204 valence electrons. The SMILES string of the molecule is Cc1ccc2cc([C@@H](c3nnnn3Cc3ccccc3)N(Cc3ccccc3)Cc3ccc(F)cc3)c(=O)[nH]c2c1. The van der Waals surface area contributed by atoms with Crippen LogP contribution in [-0.2, 0) is 19.6 Å². The van der Waals surface area contributed by atoms with Gasteiger partial charge in [-0.1, -0.05) is 84.9 Å². The van der Waals surface area contributed by atoms with Gasteiger partial charge in [-0.2, -0.15) is 0 Å². The summed E-state index contributed by atoms with van der Waals surface area (Å²) < 4.78 is 15.6. The summed E-state index contributed by atoms with van der Waals surface area (Å²) in [6.45, 7) is 3.38. The summed E-state index contributed by atoms with van der Waals surface area (Å²) in [5, 5.41) is 13.8. The lowest BCUT2D eigenvalue weighted by atomic mass is 10.0. The van der Waals surface area contributed by atoms with E-state index in [1.54, 1.807) is 16.8 Å². The molecule has 2 aromatic heterocycles. The largest absolute Gasteiger partial charge is 0.322 e. The maximum Gasteiger partial charge on any atom is 0.253 e. The van der Waals surface area contributed by atoms with E-state index in [9.17, 15) is 9.18 Å². The second kappa shape index (κ2) is 11.7. The summed E-state index contributed by atoms with van der Waals surface area (Å²) >= 11 is 0. The third-order valence-corrected chi connectivity index (χ3v) is 7.20. The van der Waals surface area contributed by atoms with Crippen molar-refractivity contribution in [2.45, 2.75) is 32.6 Å². The first-order valence-corrected chi connectivity index (χ1v) is 13.5.